The standard InChI is InChI=1S/C28H23N/c1-2-8-21-18-22(14-12-19(21)6-1)29-28-11-5-10-24-26-15-13-20-7-3-4-9-23(20)25(26)16-17-27(24)28/h1-4,6-9,12-18,28-29H,5,10-11H2. The average molecular weight is 373 g/mol. The van der Waals surface area contributed by atoms with E-state index >= 15 is 0 Å². The molecule has 1 atom stereocenters. The van der Waals surface area contributed by atoms with E-state index in [1.54, 1.807) is 0 Å². The lowest BCUT2D eigenvalue weighted by Crippen LogP contribution is -2.17. The van der Waals surface area contributed by atoms with Gasteiger partial charge in [-0.05, 0) is 74.8 Å². The van der Waals surface area contributed by atoms with Gasteiger partial charge in [0.25, 0.3) is 0 Å². The summed E-state index contributed by atoms with van der Waals surface area (Å²) in [7, 11) is 0. The molecule has 0 saturated heterocycles. The van der Waals surface area contributed by atoms with Crippen molar-refractivity contribution in [1.29, 1.82) is 0 Å². The number of rotatable bonds is 2. The molecule has 0 amide bonds. The van der Waals surface area contributed by atoms with Gasteiger partial charge in [-0.15, -0.1) is 0 Å². The van der Waals surface area contributed by atoms with E-state index in [2.05, 4.69) is 96.3 Å². The van der Waals surface area contributed by atoms with Crippen LogP contribution >= 0.6 is 0 Å². The van der Waals surface area contributed by atoms with E-state index in [4.69, 9.17) is 0 Å². The maximum absolute atomic E-state index is 3.83. The second-order valence-electron chi connectivity index (χ2n) is 8.17. The molecule has 5 aromatic carbocycles. The molecule has 1 heteroatoms. The molecule has 1 unspecified atom stereocenters. The van der Waals surface area contributed by atoms with Crippen LogP contribution in [0, 0.1) is 0 Å². The Morgan fingerprint density at radius 3 is 2.31 bits per heavy atom. The average Bonchev–Trinajstić information content (AvgIpc) is 2.79. The van der Waals surface area contributed by atoms with Crippen molar-refractivity contribution in [1.82, 2.24) is 0 Å². The maximum atomic E-state index is 3.83. The highest BCUT2D eigenvalue weighted by Crippen LogP contribution is 2.38. The molecule has 5 aromatic rings. The summed E-state index contributed by atoms with van der Waals surface area (Å²) in [5.74, 6) is 0. The predicted molar refractivity (Wildman–Crippen MR) is 125 cm³/mol. The van der Waals surface area contributed by atoms with Crippen LogP contribution in [0.15, 0.2) is 91.0 Å². The Kier molecular flexibility index (Phi) is 3.80. The van der Waals surface area contributed by atoms with Gasteiger partial charge in [-0.2, -0.15) is 0 Å². The van der Waals surface area contributed by atoms with E-state index in [9.17, 15) is 0 Å². The van der Waals surface area contributed by atoms with Gasteiger partial charge in [0, 0.05) is 5.69 Å². The number of aryl methyl sites for hydroxylation is 1. The monoisotopic (exact) mass is 373 g/mol. The van der Waals surface area contributed by atoms with Gasteiger partial charge in [-0.1, -0.05) is 78.9 Å². The van der Waals surface area contributed by atoms with Crippen molar-refractivity contribution in [3.05, 3.63) is 102 Å². The first-order valence-electron chi connectivity index (χ1n) is 10.6. The lowest BCUT2D eigenvalue weighted by atomic mass is 9.83. The van der Waals surface area contributed by atoms with Gasteiger partial charge in [-0.3, -0.25) is 0 Å². The van der Waals surface area contributed by atoms with E-state index in [1.165, 1.54) is 68.4 Å². The lowest BCUT2D eigenvalue weighted by molar-refractivity contribution is 0.604. The molecule has 1 aliphatic rings. The highest BCUT2D eigenvalue weighted by atomic mass is 14.9. The molecule has 0 radical (unpaired) electrons. The van der Waals surface area contributed by atoms with Crippen molar-refractivity contribution >= 4 is 38.0 Å². The summed E-state index contributed by atoms with van der Waals surface area (Å²) in [6.07, 6.45) is 3.57. The van der Waals surface area contributed by atoms with E-state index in [0.29, 0.717) is 6.04 Å². The van der Waals surface area contributed by atoms with Gasteiger partial charge in [0.2, 0.25) is 0 Å². The number of benzene rings is 5. The summed E-state index contributed by atoms with van der Waals surface area (Å²) in [4.78, 5) is 0. The van der Waals surface area contributed by atoms with Crippen molar-refractivity contribution < 1.29 is 0 Å². The zero-order valence-electron chi connectivity index (χ0n) is 16.4. The van der Waals surface area contributed by atoms with E-state index in [0.717, 1.165) is 0 Å². The Morgan fingerprint density at radius 2 is 1.38 bits per heavy atom. The molecule has 0 spiro atoms. The fraction of sp³-hybridized carbons (Fsp3) is 0.143. The summed E-state index contributed by atoms with van der Waals surface area (Å²) in [6.45, 7) is 0. The molecule has 6 rings (SSSR count). The summed E-state index contributed by atoms with van der Waals surface area (Å²) in [5.41, 5.74) is 4.20. The van der Waals surface area contributed by atoms with Gasteiger partial charge in [-0.25, -0.2) is 0 Å². The minimum Gasteiger partial charge on any atom is -0.378 e. The highest BCUT2D eigenvalue weighted by molar-refractivity contribution is 6.08. The third-order valence-electron chi connectivity index (χ3n) is 6.46. The molecule has 140 valence electrons. The van der Waals surface area contributed by atoms with Gasteiger partial charge in [0.05, 0.1) is 6.04 Å². The van der Waals surface area contributed by atoms with Crippen molar-refractivity contribution in [2.45, 2.75) is 25.3 Å². The molecule has 0 heterocycles. The summed E-state index contributed by atoms with van der Waals surface area (Å²) >= 11 is 0. The normalized spacial score (nSPS) is 16.2. The van der Waals surface area contributed by atoms with Crippen molar-refractivity contribution in [2.75, 3.05) is 5.32 Å². The largest absolute Gasteiger partial charge is 0.378 e. The van der Waals surface area contributed by atoms with Gasteiger partial charge < -0.3 is 5.32 Å². The Bertz CT molecular complexity index is 1370. The lowest BCUT2D eigenvalue weighted by Gasteiger charge is -2.29. The molecule has 0 bridgehead atoms. The van der Waals surface area contributed by atoms with Crippen LogP contribution in [0.4, 0.5) is 5.69 Å². The molecule has 29 heavy (non-hydrogen) atoms. The van der Waals surface area contributed by atoms with Gasteiger partial charge >= 0.3 is 0 Å². The van der Waals surface area contributed by atoms with Crippen LogP contribution in [-0.2, 0) is 6.42 Å². The van der Waals surface area contributed by atoms with Crippen LogP contribution in [0.5, 0.6) is 0 Å². The topological polar surface area (TPSA) is 12.0 Å². The molecule has 0 saturated carbocycles. The minimum atomic E-state index is 0.371. The molecule has 1 nitrogen and oxygen atoms in total. The molecule has 1 aliphatic carbocycles. The first-order chi connectivity index (χ1) is 14.4. The highest BCUT2D eigenvalue weighted by Gasteiger charge is 2.22. The van der Waals surface area contributed by atoms with Gasteiger partial charge in [0.15, 0.2) is 0 Å². The van der Waals surface area contributed by atoms with Crippen LogP contribution in [-0.4, -0.2) is 0 Å². The van der Waals surface area contributed by atoms with Crippen molar-refractivity contribution in [3.8, 4) is 0 Å². The minimum absolute atomic E-state index is 0.371. The Morgan fingerprint density at radius 1 is 0.621 bits per heavy atom. The van der Waals surface area contributed by atoms with E-state index in [1.807, 2.05) is 0 Å². The first kappa shape index (κ1) is 16.6. The van der Waals surface area contributed by atoms with Crippen LogP contribution < -0.4 is 5.32 Å². The summed E-state index contributed by atoms with van der Waals surface area (Å²) in [6, 6.07) is 33.7. The van der Waals surface area contributed by atoms with Crippen LogP contribution in [0.1, 0.15) is 30.0 Å². The third kappa shape index (κ3) is 2.77. The van der Waals surface area contributed by atoms with E-state index < -0.39 is 0 Å². The molecule has 0 aliphatic heterocycles. The van der Waals surface area contributed by atoms with Crippen molar-refractivity contribution in [3.63, 3.8) is 0 Å². The Hall–Kier alpha value is -3.32. The quantitative estimate of drug-likeness (QED) is 0.314. The molecular weight excluding hydrogens is 350 g/mol. The number of fused-ring (bicyclic) bond motifs is 6. The van der Waals surface area contributed by atoms with Crippen molar-refractivity contribution in [2.24, 2.45) is 0 Å². The fourth-order valence-electron chi connectivity index (χ4n) is 5.04. The molecule has 1 N–H and O–H groups in total. The number of hydrogen-bond donors (Lipinski definition) is 1. The van der Waals surface area contributed by atoms with Gasteiger partial charge in [0.1, 0.15) is 0 Å². The summed E-state index contributed by atoms with van der Waals surface area (Å²) < 4.78 is 0. The van der Waals surface area contributed by atoms with Crippen LogP contribution in [0.25, 0.3) is 32.3 Å². The number of nitrogens with one attached hydrogen (secondary N) is 1. The van der Waals surface area contributed by atoms with E-state index in [-0.39, 0.29) is 0 Å². The number of anilines is 1. The summed E-state index contributed by atoms with van der Waals surface area (Å²) in [5, 5.41) is 11.9. The Balaban J connectivity index is 1.44. The fourth-order valence-corrected chi connectivity index (χ4v) is 5.04. The molecular formula is C28H23N. The SMILES string of the molecule is c1ccc2cc(NC3CCCc4c3ccc3c4ccc4ccccc43)ccc2c1. The molecule has 0 fully saturated rings. The zero-order valence-corrected chi connectivity index (χ0v) is 16.4. The second-order valence-corrected chi connectivity index (χ2v) is 8.17. The van der Waals surface area contributed by atoms with Crippen LogP contribution in [0.3, 0.4) is 0 Å². The third-order valence-corrected chi connectivity index (χ3v) is 6.46. The predicted octanol–water partition coefficient (Wildman–Crippen LogP) is 7.64. The molecule has 0 aromatic heterocycles. The Labute approximate surface area is 171 Å². The number of hydrogen-bond acceptors (Lipinski definition) is 1. The first-order valence-corrected chi connectivity index (χ1v) is 10.6. The smallest absolute Gasteiger partial charge is 0.0516 e. The maximum Gasteiger partial charge on any atom is 0.0516 e. The zero-order chi connectivity index (χ0) is 19.2. The van der Waals surface area contributed by atoms with Crippen LogP contribution in [0.2, 0.25) is 0 Å². The second kappa shape index (κ2) is 6.63.